The summed E-state index contributed by atoms with van der Waals surface area (Å²) >= 11 is 0. The van der Waals surface area contributed by atoms with Gasteiger partial charge in [-0.1, -0.05) is 48.5 Å². The summed E-state index contributed by atoms with van der Waals surface area (Å²) in [6.45, 7) is 0.166. The van der Waals surface area contributed by atoms with Crippen LogP contribution in [0.3, 0.4) is 0 Å². The Morgan fingerprint density at radius 1 is 1.09 bits per heavy atom. The van der Waals surface area contributed by atoms with Gasteiger partial charge in [0.15, 0.2) is 0 Å². The summed E-state index contributed by atoms with van der Waals surface area (Å²) in [5.74, 6) is 0.438. The second kappa shape index (κ2) is 8.31. The molecule has 0 saturated carbocycles. The highest BCUT2D eigenvalue weighted by Crippen LogP contribution is 2.29. The number of hydrogen-bond acceptors (Lipinski definition) is 4. The predicted molar refractivity (Wildman–Crippen MR) is 89.3 cm³/mol. The van der Waals surface area contributed by atoms with Crippen LogP contribution in [0.2, 0.25) is 0 Å². The number of carbonyl (C=O) groups excluding carboxylic acids is 1. The molecule has 0 aliphatic carbocycles. The molecule has 2 aromatic rings. The van der Waals surface area contributed by atoms with E-state index in [4.69, 9.17) is 15.2 Å². The van der Waals surface area contributed by atoms with Crippen LogP contribution in [0.25, 0.3) is 0 Å². The molecule has 2 rings (SSSR count). The smallest absolute Gasteiger partial charge is 0.240 e. The number of para-hydroxylation sites is 1. The van der Waals surface area contributed by atoms with Gasteiger partial charge in [-0.25, -0.2) is 0 Å². The van der Waals surface area contributed by atoms with E-state index in [0.717, 1.165) is 11.1 Å². The molecule has 0 spiro atoms. The minimum Gasteiger partial charge on any atom is -0.496 e. The van der Waals surface area contributed by atoms with Gasteiger partial charge in [-0.3, -0.25) is 4.79 Å². The van der Waals surface area contributed by atoms with Gasteiger partial charge in [-0.05, 0) is 11.6 Å². The summed E-state index contributed by atoms with van der Waals surface area (Å²) in [7, 11) is 3.13. The first kappa shape index (κ1) is 17.0. The van der Waals surface area contributed by atoms with Crippen molar-refractivity contribution in [3.05, 3.63) is 65.7 Å². The largest absolute Gasteiger partial charge is 0.496 e. The van der Waals surface area contributed by atoms with E-state index >= 15 is 0 Å². The lowest BCUT2D eigenvalue weighted by molar-refractivity contribution is -0.123. The molecular weight excluding hydrogens is 292 g/mol. The Morgan fingerprint density at radius 3 is 2.39 bits per heavy atom. The average molecular weight is 314 g/mol. The van der Waals surface area contributed by atoms with Gasteiger partial charge in [0.1, 0.15) is 11.8 Å². The second-order valence-electron chi connectivity index (χ2n) is 5.16. The molecule has 0 bridgehead atoms. The van der Waals surface area contributed by atoms with Gasteiger partial charge >= 0.3 is 0 Å². The third kappa shape index (κ3) is 4.31. The van der Waals surface area contributed by atoms with Crippen molar-refractivity contribution in [2.45, 2.75) is 12.1 Å². The zero-order valence-corrected chi connectivity index (χ0v) is 13.4. The molecule has 2 unspecified atom stereocenters. The SMILES string of the molecule is COCC(N)C(=O)NC(c1ccccc1)c1ccccc1OC. The molecule has 0 aliphatic rings. The number of rotatable bonds is 7. The number of ether oxygens (including phenoxy) is 2. The Kier molecular flexibility index (Phi) is 6.14. The summed E-state index contributed by atoms with van der Waals surface area (Å²) in [5, 5.41) is 2.98. The van der Waals surface area contributed by atoms with Gasteiger partial charge in [0.25, 0.3) is 0 Å². The maximum atomic E-state index is 12.3. The summed E-state index contributed by atoms with van der Waals surface area (Å²) in [6, 6.07) is 16.2. The van der Waals surface area contributed by atoms with Gasteiger partial charge in [-0.2, -0.15) is 0 Å². The van der Waals surface area contributed by atoms with Crippen LogP contribution in [0.5, 0.6) is 5.75 Å². The average Bonchev–Trinajstić information content (AvgIpc) is 2.60. The maximum Gasteiger partial charge on any atom is 0.240 e. The van der Waals surface area contributed by atoms with E-state index in [0.29, 0.717) is 5.75 Å². The molecule has 3 N–H and O–H groups in total. The van der Waals surface area contributed by atoms with Gasteiger partial charge < -0.3 is 20.5 Å². The molecule has 0 aromatic heterocycles. The fourth-order valence-corrected chi connectivity index (χ4v) is 2.40. The Labute approximate surface area is 136 Å². The number of nitrogens with one attached hydrogen (secondary N) is 1. The molecule has 2 atom stereocenters. The molecule has 1 amide bonds. The van der Waals surface area contributed by atoms with Crippen molar-refractivity contribution >= 4 is 5.91 Å². The normalized spacial score (nSPS) is 13.2. The maximum absolute atomic E-state index is 12.3. The molecule has 122 valence electrons. The Hall–Kier alpha value is -2.37. The zero-order valence-electron chi connectivity index (χ0n) is 13.4. The van der Waals surface area contributed by atoms with Crippen LogP contribution >= 0.6 is 0 Å². The van der Waals surface area contributed by atoms with Crippen LogP contribution in [0, 0.1) is 0 Å². The fraction of sp³-hybridized carbons (Fsp3) is 0.278. The first-order valence-corrected chi connectivity index (χ1v) is 7.40. The van der Waals surface area contributed by atoms with E-state index in [1.54, 1.807) is 7.11 Å². The lowest BCUT2D eigenvalue weighted by Gasteiger charge is -2.23. The quantitative estimate of drug-likeness (QED) is 0.818. The van der Waals surface area contributed by atoms with E-state index in [1.807, 2.05) is 54.6 Å². The number of methoxy groups -OCH3 is 2. The van der Waals surface area contributed by atoms with Crippen LogP contribution in [0.15, 0.2) is 54.6 Å². The van der Waals surface area contributed by atoms with E-state index in [2.05, 4.69) is 5.32 Å². The van der Waals surface area contributed by atoms with E-state index in [-0.39, 0.29) is 18.6 Å². The monoisotopic (exact) mass is 314 g/mol. The van der Waals surface area contributed by atoms with Crippen molar-refractivity contribution < 1.29 is 14.3 Å². The van der Waals surface area contributed by atoms with Crippen molar-refractivity contribution in [2.75, 3.05) is 20.8 Å². The standard InChI is InChI=1S/C18H22N2O3/c1-22-12-15(19)18(21)20-17(13-8-4-3-5-9-13)14-10-6-7-11-16(14)23-2/h3-11,15,17H,12,19H2,1-2H3,(H,20,21). The molecule has 0 heterocycles. The number of hydrogen-bond donors (Lipinski definition) is 2. The van der Waals surface area contributed by atoms with E-state index in [9.17, 15) is 4.79 Å². The van der Waals surface area contributed by atoms with Crippen molar-refractivity contribution in [1.29, 1.82) is 0 Å². The van der Waals surface area contributed by atoms with Crippen LogP contribution in [-0.4, -0.2) is 32.8 Å². The van der Waals surface area contributed by atoms with Crippen LogP contribution in [0.4, 0.5) is 0 Å². The minimum absolute atomic E-state index is 0.166. The summed E-state index contributed by atoms with van der Waals surface area (Å²) in [4.78, 5) is 12.3. The Morgan fingerprint density at radius 2 is 1.74 bits per heavy atom. The molecule has 0 aliphatic heterocycles. The highest BCUT2D eigenvalue weighted by atomic mass is 16.5. The molecule has 0 fully saturated rings. The summed E-state index contributed by atoms with van der Waals surface area (Å²) < 4.78 is 10.4. The first-order valence-electron chi connectivity index (χ1n) is 7.40. The summed E-state index contributed by atoms with van der Waals surface area (Å²) in [6.07, 6.45) is 0. The lowest BCUT2D eigenvalue weighted by Crippen LogP contribution is -2.45. The van der Waals surface area contributed by atoms with E-state index in [1.165, 1.54) is 7.11 Å². The van der Waals surface area contributed by atoms with Gasteiger partial charge in [0, 0.05) is 12.7 Å². The van der Waals surface area contributed by atoms with Crippen molar-refractivity contribution in [1.82, 2.24) is 5.32 Å². The molecule has 23 heavy (non-hydrogen) atoms. The van der Waals surface area contributed by atoms with Crippen molar-refractivity contribution in [2.24, 2.45) is 5.73 Å². The molecule has 0 saturated heterocycles. The Bertz CT molecular complexity index is 631. The fourth-order valence-electron chi connectivity index (χ4n) is 2.40. The molecule has 5 nitrogen and oxygen atoms in total. The zero-order chi connectivity index (χ0) is 16.7. The van der Waals surface area contributed by atoms with Crippen molar-refractivity contribution in [3.63, 3.8) is 0 Å². The lowest BCUT2D eigenvalue weighted by atomic mass is 9.97. The summed E-state index contributed by atoms with van der Waals surface area (Å²) in [5.41, 5.74) is 7.66. The number of carbonyl (C=O) groups is 1. The van der Waals surface area contributed by atoms with Crippen molar-refractivity contribution in [3.8, 4) is 5.75 Å². The van der Waals surface area contributed by atoms with Crippen LogP contribution < -0.4 is 15.8 Å². The van der Waals surface area contributed by atoms with E-state index < -0.39 is 6.04 Å². The molecule has 2 aromatic carbocycles. The molecular formula is C18H22N2O3. The van der Waals surface area contributed by atoms with Crippen LogP contribution in [-0.2, 0) is 9.53 Å². The predicted octanol–water partition coefficient (Wildman–Crippen LogP) is 1.87. The number of amides is 1. The number of nitrogens with two attached hydrogens (primary N) is 1. The molecule has 0 radical (unpaired) electrons. The minimum atomic E-state index is -0.721. The van der Waals surface area contributed by atoms with Gasteiger partial charge in [0.05, 0.1) is 19.8 Å². The number of benzene rings is 2. The third-order valence-electron chi connectivity index (χ3n) is 3.55. The first-order chi connectivity index (χ1) is 11.2. The topological polar surface area (TPSA) is 73.6 Å². The van der Waals surface area contributed by atoms with Crippen LogP contribution in [0.1, 0.15) is 17.2 Å². The third-order valence-corrected chi connectivity index (χ3v) is 3.55. The van der Waals surface area contributed by atoms with Gasteiger partial charge in [-0.15, -0.1) is 0 Å². The molecule has 5 heteroatoms. The Balaban J connectivity index is 2.35. The highest BCUT2D eigenvalue weighted by Gasteiger charge is 2.23. The highest BCUT2D eigenvalue weighted by molar-refractivity contribution is 5.82. The van der Waals surface area contributed by atoms with Gasteiger partial charge in [0.2, 0.25) is 5.91 Å². The second-order valence-corrected chi connectivity index (χ2v) is 5.16.